The average Bonchev–Trinajstić information content (AvgIpc) is 2.91. The first kappa shape index (κ1) is 18.5. The minimum absolute atomic E-state index is 0.119. The summed E-state index contributed by atoms with van der Waals surface area (Å²) in [7, 11) is 3.52. The molecule has 0 saturated carbocycles. The van der Waals surface area contributed by atoms with Crippen molar-refractivity contribution in [3.63, 3.8) is 0 Å². The molecule has 1 heterocycles. The van der Waals surface area contributed by atoms with Gasteiger partial charge in [0.2, 0.25) is 0 Å². The highest BCUT2D eigenvalue weighted by atomic mass is 16.2. The van der Waals surface area contributed by atoms with Crippen molar-refractivity contribution in [1.82, 2.24) is 14.3 Å². The predicted molar refractivity (Wildman–Crippen MR) is 107 cm³/mol. The van der Waals surface area contributed by atoms with Crippen LogP contribution in [0.4, 0.5) is 10.5 Å². The minimum atomic E-state index is -0.322. The molecule has 3 aromatic rings. The first-order valence-corrected chi connectivity index (χ1v) is 8.84. The number of hydrogen-bond acceptors (Lipinski definition) is 2. The number of carbonyl (C=O) groups is 1. The van der Waals surface area contributed by atoms with Gasteiger partial charge in [0.1, 0.15) is 5.69 Å². The Bertz CT molecular complexity index is 990. The van der Waals surface area contributed by atoms with Gasteiger partial charge in [0, 0.05) is 14.1 Å². The number of urea groups is 1. The van der Waals surface area contributed by atoms with E-state index < -0.39 is 0 Å². The fourth-order valence-electron chi connectivity index (χ4n) is 3.04. The summed E-state index contributed by atoms with van der Waals surface area (Å²) in [4.78, 5) is 27.3. The van der Waals surface area contributed by atoms with Crippen molar-refractivity contribution < 1.29 is 4.79 Å². The van der Waals surface area contributed by atoms with E-state index in [2.05, 4.69) is 5.32 Å². The van der Waals surface area contributed by atoms with Crippen molar-refractivity contribution in [2.75, 3.05) is 12.4 Å². The van der Waals surface area contributed by atoms with Gasteiger partial charge in [0.25, 0.3) is 5.56 Å². The van der Waals surface area contributed by atoms with Crippen LogP contribution in [-0.4, -0.2) is 27.3 Å². The zero-order valence-electron chi connectivity index (χ0n) is 16.0. The Morgan fingerprint density at radius 3 is 2.19 bits per heavy atom. The molecule has 27 heavy (non-hydrogen) atoms. The minimum Gasteiger partial charge on any atom is -0.321 e. The van der Waals surface area contributed by atoms with Crippen LogP contribution in [0.15, 0.2) is 65.5 Å². The fourth-order valence-corrected chi connectivity index (χ4v) is 3.04. The molecular formula is C21H24N4O2. The Morgan fingerprint density at radius 2 is 1.59 bits per heavy atom. The number of aromatic nitrogens is 2. The molecule has 0 fully saturated rings. The van der Waals surface area contributed by atoms with Crippen LogP contribution in [0, 0.1) is 6.92 Å². The lowest BCUT2D eigenvalue weighted by atomic mass is 10.1. The van der Waals surface area contributed by atoms with Crippen LogP contribution in [0.3, 0.4) is 0 Å². The number of rotatable bonds is 4. The Labute approximate surface area is 158 Å². The zero-order chi connectivity index (χ0) is 19.6. The van der Waals surface area contributed by atoms with Gasteiger partial charge in [-0.2, -0.15) is 0 Å². The maximum absolute atomic E-state index is 12.9. The molecule has 3 rings (SSSR count). The summed E-state index contributed by atoms with van der Waals surface area (Å²) in [6.45, 7) is 3.77. The number of nitrogens with one attached hydrogen (secondary N) is 1. The molecule has 0 radical (unpaired) electrons. The van der Waals surface area contributed by atoms with E-state index in [1.807, 2.05) is 74.5 Å². The molecule has 0 aliphatic carbocycles. The van der Waals surface area contributed by atoms with Crippen molar-refractivity contribution in [3.05, 3.63) is 82.3 Å². The zero-order valence-corrected chi connectivity index (χ0v) is 16.0. The third-order valence-corrected chi connectivity index (χ3v) is 4.97. The molecule has 0 bridgehead atoms. The predicted octanol–water partition coefficient (Wildman–Crippen LogP) is 3.71. The third-order valence-electron chi connectivity index (χ3n) is 4.97. The number of benzene rings is 2. The number of nitrogens with zero attached hydrogens (tertiary/aromatic N) is 3. The van der Waals surface area contributed by atoms with Crippen LogP contribution in [0.2, 0.25) is 0 Å². The molecule has 0 saturated heterocycles. The van der Waals surface area contributed by atoms with Gasteiger partial charge in [0.05, 0.1) is 17.4 Å². The van der Waals surface area contributed by atoms with Crippen molar-refractivity contribution in [2.24, 2.45) is 7.05 Å². The van der Waals surface area contributed by atoms with Gasteiger partial charge in [-0.05, 0) is 31.5 Å². The quantitative estimate of drug-likeness (QED) is 0.767. The second kappa shape index (κ2) is 7.53. The van der Waals surface area contributed by atoms with Crippen LogP contribution < -0.4 is 10.9 Å². The lowest BCUT2D eigenvalue weighted by Crippen LogP contribution is -2.35. The van der Waals surface area contributed by atoms with Gasteiger partial charge in [-0.1, -0.05) is 48.5 Å². The molecule has 140 valence electrons. The van der Waals surface area contributed by atoms with Crippen molar-refractivity contribution >= 4 is 11.7 Å². The standard InChI is InChI=1S/C21H24N4O2/c1-15(17-11-7-5-8-12-17)23(3)21(27)22-19-16(2)24(4)25(20(19)26)18-13-9-6-10-14-18/h5-15H,1-4H3,(H,22,27)/t15-/m0/s1. The maximum atomic E-state index is 12.9. The van der Waals surface area contributed by atoms with Crippen LogP contribution in [0.5, 0.6) is 0 Å². The van der Waals surface area contributed by atoms with E-state index in [4.69, 9.17) is 0 Å². The van der Waals surface area contributed by atoms with Gasteiger partial charge in [-0.25, -0.2) is 9.48 Å². The van der Waals surface area contributed by atoms with E-state index in [9.17, 15) is 9.59 Å². The number of para-hydroxylation sites is 1. The highest BCUT2D eigenvalue weighted by Crippen LogP contribution is 2.20. The molecule has 6 heteroatoms. The summed E-state index contributed by atoms with van der Waals surface area (Å²) in [5, 5.41) is 2.79. The molecule has 1 N–H and O–H groups in total. The molecule has 0 spiro atoms. The van der Waals surface area contributed by atoms with Crippen LogP contribution in [0.25, 0.3) is 5.69 Å². The molecule has 6 nitrogen and oxygen atoms in total. The summed E-state index contributed by atoms with van der Waals surface area (Å²) >= 11 is 0. The summed E-state index contributed by atoms with van der Waals surface area (Å²) in [6, 6.07) is 18.7. The van der Waals surface area contributed by atoms with E-state index in [0.717, 1.165) is 11.3 Å². The average molecular weight is 364 g/mol. The van der Waals surface area contributed by atoms with E-state index >= 15 is 0 Å². The van der Waals surface area contributed by atoms with E-state index in [0.29, 0.717) is 11.4 Å². The van der Waals surface area contributed by atoms with Crippen LogP contribution in [-0.2, 0) is 7.05 Å². The highest BCUT2D eigenvalue weighted by molar-refractivity contribution is 5.90. The molecule has 1 aromatic heterocycles. The normalized spacial score (nSPS) is 11.9. The Hall–Kier alpha value is -3.28. The summed E-state index contributed by atoms with van der Waals surface area (Å²) in [5.74, 6) is 0. The Balaban J connectivity index is 1.88. The molecule has 2 aromatic carbocycles. The molecule has 1 atom stereocenters. The van der Waals surface area contributed by atoms with Gasteiger partial charge in [-0.15, -0.1) is 0 Å². The largest absolute Gasteiger partial charge is 0.322 e. The highest BCUT2D eigenvalue weighted by Gasteiger charge is 2.22. The molecule has 2 amide bonds. The lowest BCUT2D eigenvalue weighted by molar-refractivity contribution is 0.208. The Kier molecular flexibility index (Phi) is 5.16. The summed E-state index contributed by atoms with van der Waals surface area (Å²) in [6.07, 6.45) is 0. The fraction of sp³-hybridized carbons (Fsp3) is 0.238. The lowest BCUT2D eigenvalue weighted by Gasteiger charge is -2.25. The van der Waals surface area contributed by atoms with Crippen molar-refractivity contribution in [2.45, 2.75) is 19.9 Å². The summed E-state index contributed by atoms with van der Waals surface area (Å²) < 4.78 is 3.29. The Morgan fingerprint density at radius 1 is 1.04 bits per heavy atom. The maximum Gasteiger partial charge on any atom is 0.322 e. The van der Waals surface area contributed by atoms with Crippen molar-refractivity contribution in [3.8, 4) is 5.69 Å². The molecule has 0 unspecified atom stereocenters. The smallest absolute Gasteiger partial charge is 0.321 e. The first-order chi connectivity index (χ1) is 12.9. The number of hydrogen-bond donors (Lipinski definition) is 1. The molecule has 0 aliphatic rings. The van der Waals surface area contributed by atoms with E-state index in [1.54, 1.807) is 28.4 Å². The van der Waals surface area contributed by atoms with Gasteiger partial charge in [-0.3, -0.25) is 9.48 Å². The summed E-state index contributed by atoms with van der Waals surface area (Å²) in [5.41, 5.74) is 2.51. The van der Waals surface area contributed by atoms with Crippen molar-refractivity contribution in [1.29, 1.82) is 0 Å². The first-order valence-electron chi connectivity index (χ1n) is 8.84. The topological polar surface area (TPSA) is 59.3 Å². The second-order valence-corrected chi connectivity index (χ2v) is 6.56. The third kappa shape index (κ3) is 3.51. The van der Waals surface area contributed by atoms with Crippen LogP contribution in [0.1, 0.15) is 24.2 Å². The van der Waals surface area contributed by atoms with E-state index in [1.165, 1.54) is 0 Å². The SMILES string of the molecule is Cc1c(NC(=O)N(C)[C@@H](C)c2ccccc2)c(=O)n(-c2ccccc2)n1C. The second-order valence-electron chi connectivity index (χ2n) is 6.56. The monoisotopic (exact) mass is 364 g/mol. The van der Waals surface area contributed by atoms with Gasteiger partial charge in [0.15, 0.2) is 0 Å². The van der Waals surface area contributed by atoms with E-state index in [-0.39, 0.29) is 17.6 Å². The van der Waals surface area contributed by atoms with Gasteiger partial charge < -0.3 is 10.2 Å². The number of anilines is 1. The number of carbonyl (C=O) groups excluding carboxylic acids is 1. The van der Waals surface area contributed by atoms with Crippen LogP contribution >= 0.6 is 0 Å². The van der Waals surface area contributed by atoms with Gasteiger partial charge >= 0.3 is 6.03 Å². The molecular weight excluding hydrogens is 340 g/mol. The molecule has 0 aliphatic heterocycles. The number of amides is 2.